The Morgan fingerprint density at radius 3 is 2.88 bits per heavy atom. The molecule has 0 atom stereocenters. The number of ether oxygens (including phenoxy) is 1. The third kappa shape index (κ3) is 2.64. The molecule has 16 heavy (non-hydrogen) atoms. The summed E-state index contributed by atoms with van der Waals surface area (Å²) in [5, 5.41) is 10.9. The molecule has 0 spiro atoms. The Morgan fingerprint density at radius 1 is 1.50 bits per heavy atom. The zero-order chi connectivity index (χ0) is 11.5. The number of hydrogen-bond acceptors (Lipinski definition) is 3. The van der Waals surface area contributed by atoms with Gasteiger partial charge in [0, 0.05) is 0 Å². The number of benzene rings is 1. The Bertz CT molecular complexity index is 404. The molecule has 0 aromatic heterocycles. The maximum atomic E-state index is 10.8. The SMILES string of the molecule is O=[N+]([O-])c1c(Cl)cccc1OCCC1CC1. The van der Waals surface area contributed by atoms with Crippen molar-refractivity contribution in [2.24, 2.45) is 5.92 Å². The number of halogens is 1. The molecular weight excluding hydrogens is 230 g/mol. The summed E-state index contributed by atoms with van der Waals surface area (Å²) >= 11 is 5.76. The van der Waals surface area contributed by atoms with Crippen molar-refractivity contribution in [3.05, 3.63) is 33.3 Å². The first-order valence-corrected chi connectivity index (χ1v) is 5.62. The standard InChI is InChI=1S/C11H12ClNO3/c12-9-2-1-3-10(11(9)13(14)15)16-7-6-8-4-5-8/h1-3,8H,4-7H2. The van der Waals surface area contributed by atoms with E-state index in [2.05, 4.69) is 0 Å². The molecule has 86 valence electrons. The van der Waals surface area contributed by atoms with Crippen LogP contribution in [0.1, 0.15) is 19.3 Å². The molecule has 1 aliphatic rings. The molecule has 0 heterocycles. The topological polar surface area (TPSA) is 52.4 Å². The van der Waals surface area contributed by atoms with Crippen molar-refractivity contribution in [1.82, 2.24) is 0 Å². The Kier molecular flexibility index (Phi) is 3.29. The van der Waals surface area contributed by atoms with E-state index in [1.54, 1.807) is 12.1 Å². The highest BCUT2D eigenvalue weighted by Crippen LogP contribution is 2.36. The first-order valence-electron chi connectivity index (χ1n) is 5.24. The first kappa shape index (κ1) is 11.2. The second-order valence-corrected chi connectivity index (χ2v) is 4.33. The molecule has 0 aliphatic heterocycles. The second-order valence-electron chi connectivity index (χ2n) is 3.92. The lowest BCUT2D eigenvalue weighted by Crippen LogP contribution is -2.01. The van der Waals surface area contributed by atoms with Crippen LogP contribution in [0.2, 0.25) is 5.02 Å². The van der Waals surface area contributed by atoms with Crippen LogP contribution in [0.5, 0.6) is 5.75 Å². The highest BCUT2D eigenvalue weighted by molar-refractivity contribution is 6.32. The van der Waals surface area contributed by atoms with Crippen molar-refractivity contribution in [2.45, 2.75) is 19.3 Å². The summed E-state index contributed by atoms with van der Waals surface area (Å²) < 4.78 is 5.40. The molecule has 0 saturated heterocycles. The number of hydrogen-bond donors (Lipinski definition) is 0. The van der Waals surface area contributed by atoms with Crippen molar-refractivity contribution in [2.75, 3.05) is 6.61 Å². The number of nitro groups is 1. The van der Waals surface area contributed by atoms with E-state index in [4.69, 9.17) is 16.3 Å². The lowest BCUT2D eigenvalue weighted by molar-refractivity contribution is -0.385. The Morgan fingerprint density at radius 2 is 2.25 bits per heavy atom. The van der Waals surface area contributed by atoms with Crippen LogP contribution in [0.25, 0.3) is 0 Å². The van der Waals surface area contributed by atoms with Crippen molar-refractivity contribution in [1.29, 1.82) is 0 Å². The predicted octanol–water partition coefficient (Wildman–Crippen LogP) is 3.43. The molecule has 4 nitrogen and oxygen atoms in total. The van der Waals surface area contributed by atoms with Gasteiger partial charge in [-0.2, -0.15) is 0 Å². The molecule has 0 N–H and O–H groups in total. The molecular formula is C11H12ClNO3. The summed E-state index contributed by atoms with van der Waals surface area (Å²) in [5.74, 6) is 1.01. The second kappa shape index (κ2) is 4.70. The molecule has 2 rings (SSSR count). The van der Waals surface area contributed by atoms with Gasteiger partial charge in [-0.3, -0.25) is 10.1 Å². The molecule has 1 saturated carbocycles. The summed E-state index contributed by atoms with van der Waals surface area (Å²) in [6.07, 6.45) is 3.46. The van der Waals surface area contributed by atoms with E-state index < -0.39 is 4.92 Å². The van der Waals surface area contributed by atoms with Crippen LogP contribution in [0.4, 0.5) is 5.69 Å². The summed E-state index contributed by atoms with van der Waals surface area (Å²) in [6.45, 7) is 0.520. The lowest BCUT2D eigenvalue weighted by Gasteiger charge is -2.06. The van der Waals surface area contributed by atoms with Crippen LogP contribution in [0, 0.1) is 16.0 Å². The van der Waals surface area contributed by atoms with Gasteiger partial charge in [0.2, 0.25) is 0 Å². The molecule has 0 unspecified atom stereocenters. The smallest absolute Gasteiger partial charge is 0.329 e. The minimum atomic E-state index is -0.505. The van der Waals surface area contributed by atoms with Gasteiger partial charge >= 0.3 is 5.69 Å². The summed E-state index contributed by atoms with van der Waals surface area (Å²) in [5.41, 5.74) is -0.139. The van der Waals surface area contributed by atoms with Crippen molar-refractivity contribution in [3.63, 3.8) is 0 Å². The fourth-order valence-electron chi connectivity index (χ4n) is 1.53. The van der Waals surface area contributed by atoms with Crippen LogP contribution in [0.3, 0.4) is 0 Å². The number of rotatable bonds is 5. The predicted molar refractivity (Wildman–Crippen MR) is 60.9 cm³/mol. The van der Waals surface area contributed by atoms with Gasteiger partial charge in [0.1, 0.15) is 5.02 Å². The molecule has 1 aromatic carbocycles. The Balaban J connectivity index is 2.05. The zero-order valence-corrected chi connectivity index (χ0v) is 9.44. The Labute approximate surface area is 98.3 Å². The lowest BCUT2D eigenvalue weighted by atomic mass is 10.3. The Hall–Kier alpha value is -1.29. The number of nitro benzene ring substituents is 1. The monoisotopic (exact) mass is 241 g/mol. The quantitative estimate of drug-likeness (QED) is 0.586. The maximum absolute atomic E-state index is 10.8. The van der Waals surface area contributed by atoms with Gasteiger partial charge in [-0.05, 0) is 24.5 Å². The maximum Gasteiger partial charge on any atom is 0.329 e. The van der Waals surface area contributed by atoms with E-state index in [9.17, 15) is 10.1 Å². The van der Waals surface area contributed by atoms with E-state index in [1.807, 2.05) is 0 Å². The van der Waals surface area contributed by atoms with Crippen LogP contribution in [-0.4, -0.2) is 11.5 Å². The highest BCUT2D eigenvalue weighted by atomic mass is 35.5. The third-order valence-electron chi connectivity index (χ3n) is 2.61. The minimum absolute atomic E-state index is 0.119. The fourth-order valence-corrected chi connectivity index (χ4v) is 1.77. The average Bonchev–Trinajstić information content (AvgIpc) is 3.01. The van der Waals surface area contributed by atoms with Crippen LogP contribution < -0.4 is 4.74 Å². The summed E-state index contributed by atoms with van der Waals surface area (Å²) in [4.78, 5) is 10.3. The van der Waals surface area contributed by atoms with Gasteiger partial charge < -0.3 is 4.74 Å². The zero-order valence-electron chi connectivity index (χ0n) is 8.69. The fraction of sp³-hybridized carbons (Fsp3) is 0.455. The average molecular weight is 242 g/mol. The van der Waals surface area contributed by atoms with Gasteiger partial charge in [-0.25, -0.2) is 0 Å². The molecule has 5 heteroatoms. The first-order chi connectivity index (χ1) is 7.68. The summed E-state index contributed by atoms with van der Waals surface area (Å²) in [7, 11) is 0. The van der Waals surface area contributed by atoms with Crippen molar-refractivity contribution in [3.8, 4) is 5.75 Å². The molecule has 1 aromatic rings. The van der Waals surface area contributed by atoms with Gasteiger partial charge in [0.05, 0.1) is 11.5 Å². The van der Waals surface area contributed by atoms with Gasteiger partial charge in [0.25, 0.3) is 0 Å². The van der Waals surface area contributed by atoms with E-state index in [-0.39, 0.29) is 16.5 Å². The molecule has 0 bridgehead atoms. The van der Waals surface area contributed by atoms with Crippen LogP contribution in [0.15, 0.2) is 18.2 Å². The summed E-state index contributed by atoms with van der Waals surface area (Å²) in [6, 6.07) is 4.73. The van der Waals surface area contributed by atoms with Gasteiger partial charge in [-0.15, -0.1) is 0 Å². The van der Waals surface area contributed by atoms with Gasteiger partial charge in [-0.1, -0.05) is 30.5 Å². The van der Waals surface area contributed by atoms with Crippen molar-refractivity contribution >= 4 is 17.3 Å². The molecule has 0 amide bonds. The van der Waals surface area contributed by atoms with E-state index in [1.165, 1.54) is 18.9 Å². The normalized spacial score (nSPS) is 14.8. The molecule has 1 fully saturated rings. The van der Waals surface area contributed by atoms with E-state index in [0.717, 1.165) is 12.3 Å². The third-order valence-corrected chi connectivity index (χ3v) is 2.92. The largest absolute Gasteiger partial charge is 0.487 e. The van der Waals surface area contributed by atoms with Crippen molar-refractivity contribution < 1.29 is 9.66 Å². The molecule has 0 radical (unpaired) electrons. The highest BCUT2D eigenvalue weighted by Gasteiger charge is 2.23. The number of nitrogens with zero attached hydrogens (tertiary/aromatic N) is 1. The van der Waals surface area contributed by atoms with E-state index >= 15 is 0 Å². The van der Waals surface area contributed by atoms with Crippen LogP contribution >= 0.6 is 11.6 Å². The van der Waals surface area contributed by atoms with Crippen LogP contribution in [-0.2, 0) is 0 Å². The number of para-hydroxylation sites is 1. The van der Waals surface area contributed by atoms with Gasteiger partial charge in [0.15, 0.2) is 5.75 Å². The van der Waals surface area contributed by atoms with E-state index in [0.29, 0.717) is 6.61 Å². The molecule has 1 aliphatic carbocycles. The minimum Gasteiger partial charge on any atom is -0.487 e.